The second kappa shape index (κ2) is 5.99. The maximum atomic E-state index is 12.9. The fourth-order valence-electron chi connectivity index (χ4n) is 3.17. The molecular formula is C22H22O3. The summed E-state index contributed by atoms with van der Waals surface area (Å²) in [6, 6.07) is 12.7. The molecule has 1 N–H and O–H groups in total. The highest BCUT2D eigenvalue weighted by Crippen LogP contribution is 2.33. The summed E-state index contributed by atoms with van der Waals surface area (Å²) in [5.41, 5.74) is 3.59. The SMILES string of the molecule is CC1=C(Cc2ccc(C(C)(C)C)cc2)C(=O)c2c(O)cccc2C1=O. The van der Waals surface area contributed by atoms with Crippen LogP contribution in [0.25, 0.3) is 0 Å². The molecule has 128 valence electrons. The van der Waals surface area contributed by atoms with Gasteiger partial charge in [-0.25, -0.2) is 0 Å². The van der Waals surface area contributed by atoms with E-state index in [1.165, 1.54) is 11.6 Å². The monoisotopic (exact) mass is 334 g/mol. The summed E-state index contributed by atoms with van der Waals surface area (Å²) in [6.45, 7) is 8.14. The zero-order valence-corrected chi connectivity index (χ0v) is 15.0. The zero-order valence-electron chi connectivity index (χ0n) is 15.0. The lowest BCUT2D eigenvalue weighted by atomic mass is 9.81. The van der Waals surface area contributed by atoms with Gasteiger partial charge in [-0.05, 0) is 29.5 Å². The molecule has 0 unspecified atom stereocenters. The lowest BCUT2D eigenvalue weighted by Crippen LogP contribution is -2.22. The molecule has 0 saturated carbocycles. The van der Waals surface area contributed by atoms with Crippen molar-refractivity contribution < 1.29 is 14.7 Å². The Bertz CT molecular complexity index is 894. The first kappa shape index (κ1) is 17.2. The number of allylic oxidation sites excluding steroid dienone is 2. The summed E-state index contributed by atoms with van der Waals surface area (Å²) >= 11 is 0. The van der Waals surface area contributed by atoms with E-state index in [4.69, 9.17) is 0 Å². The lowest BCUT2D eigenvalue weighted by Gasteiger charge is -2.21. The summed E-state index contributed by atoms with van der Waals surface area (Å²) in [4.78, 5) is 25.4. The van der Waals surface area contributed by atoms with Crippen LogP contribution in [-0.2, 0) is 11.8 Å². The molecular weight excluding hydrogens is 312 g/mol. The van der Waals surface area contributed by atoms with E-state index in [9.17, 15) is 14.7 Å². The van der Waals surface area contributed by atoms with Crippen LogP contribution in [0.4, 0.5) is 0 Å². The Morgan fingerprint density at radius 3 is 2.16 bits per heavy atom. The largest absolute Gasteiger partial charge is 0.507 e. The fraction of sp³-hybridized carbons (Fsp3) is 0.273. The molecule has 0 saturated heterocycles. The quantitative estimate of drug-likeness (QED) is 0.871. The highest BCUT2D eigenvalue weighted by atomic mass is 16.3. The molecule has 2 aromatic carbocycles. The summed E-state index contributed by atoms with van der Waals surface area (Å²) in [5, 5.41) is 10.0. The molecule has 25 heavy (non-hydrogen) atoms. The molecule has 2 aromatic rings. The minimum Gasteiger partial charge on any atom is -0.507 e. The van der Waals surface area contributed by atoms with Gasteiger partial charge in [-0.2, -0.15) is 0 Å². The van der Waals surface area contributed by atoms with E-state index in [0.717, 1.165) is 5.56 Å². The maximum Gasteiger partial charge on any atom is 0.194 e. The molecule has 0 aliphatic heterocycles. The van der Waals surface area contributed by atoms with Crippen LogP contribution < -0.4 is 0 Å². The molecule has 0 fully saturated rings. The van der Waals surface area contributed by atoms with Crippen molar-refractivity contribution in [2.24, 2.45) is 0 Å². The molecule has 0 spiro atoms. The van der Waals surface area contributed by atoms with Gasteiger partial charge >= 0.3 is 0 Å². The first-order chi connectivity index (χ1) is 11.7. The predicted molar refractivity (Wildman–Crippen MR) is 98.3 cm³/mol. The average molecular weight is 334 g/mol. The number of carbonyl (C=O) groups is 2. The van der Waals surface area contributed by atoms with Gasteiger partial charge in [-0.3, -0.25) is 9.59 Å². The molecule has 0 atom stereocenters. The van der Waals surface area contributed by atoms with Gasteiger partial charge in [-0.15, -0.1) is 0 Å². The first-order valence-corrected chi connectivity index (χ1v) is 8.40. The molecule has 0 amide bonds. The number of aromatic hydroxyl groups is 1. The lowest BCUT2D eigenvalue weighted by molar-refractivity contribution is 0.0970. The van der Waals surface area contributed by atoms with Crippen LogP contribution in [0.3, 0.4) is 0 Å². The van der Waals surface area contributed by atoms with Crippen LogP contribution in [-0.4, -0.2) is 16.7 Å². The third kappa shape index (κ3) is 3.02. The van der Waals surface area contributed by atoms with Crippen molar-refractivity contribution in [3.8, 4) is 5.75 Å². The molecule has 3 nitrogen and oxygen atoms in total. The van der Waals surface area contributed by atoms with Crippen molar-refractivity contribution in [3.63, 3.8) is 0 Å². The van der Waals surface area contributed by atoms with E-state index in [1.807, 2.05) is 12.1 Å². The Balaban J connectivity index is 1.98. The number of Topliss-reactive ketones (excluding diaryl/α,β-unsaturated/α-hetero) is 2. The summed E-state index contributed by atoms with van der Waals surface area (Å²) in [5.74, 6) is -0.583. The van der Waals surface area contributed by atoms with Crippen LogP contribution in [0.2, 0.25) is 0 Å². The van der Waals surface area contributed by atoms with Crippen molar-refractivity contribution in [3.05, 3.63) is 75.9 Å². The minimum absolute atomic E-state index is 0.0646. The van der Waals surface area contributed by atoms with E-state index < -0.39 is 0 Å². The number of phenols is 1. The van der Waals surface area contributed by atoms with Gasteiger partial charge in [0.25, 0.3) is 0 Å². The van der Waals surface area contributed by atoms with Crippen LogP contribution >= 0.6 is 0 Å². The highest BCUT2D eigenvalue weighted by molar-refractivity contribution is 6.27. The summed E-state index contributed by atoms with van der Waals surface area (Å²) in [7, 11) is 0. The standard InChI is InChI=1S/C22H22O3/c1-13-17(12-14-8-10-15(11-9-14)22(2,3)4)21(25)19-16(20(13)24)6-5-7-18(19)23/h5-11,23H,12H2,1-4H3. The Morgan fingerprint density at radius 2 is 1.56 bits per heavy atom. The van der Waals surface area contributed by atoms with Crippen LogP contribution in [0.1, 0.15) is 59.5 Å². The zero-order chi connectivity index (χ0) is 18.4. The molecule has 3 rings (SSSR count). The number of ketones is 2. The highest BCUT2D eigenvalue weighted by Gasteiger charge is 2.31. The Hall–Kier alpha value is -2.68. The van der Waals surface area contributed by atoms with Crippen molar-refractivity contribution in [1.82, 2.24) is 0 Å². The van der Waals surface area contributed by atoms with Gasteiger partial charge < -0.3 is 5.11 Å². The number of hydrogen-bond donors (Lipinski definition) is 1. The van der Waals surface area contributed by atoms with Crippen LogP contribution in [0.5, 0.6) is 5.75 Å². The average Bonchev–Trinajstić information content (AvgIpc) is 2.56. The van der Waals surface area contributed by atoms with E-state index in [2.05, 4.69) is 32.9 Å². The molecule has 0 heterocycles. The molecule has 0 aromatic heterocycles. The first-order valence-electron chi connectivity index (χ1n) is 8.40. The number of carbonyl (C=O) groups excluding carboxylic acids is 2. The molecule has 3 heteroatoms. The third-order valence-corrected chi connectivity index (χ3v) is 4.78. The number of rotatable bonds is 2. The van der Waals surface area contributed by atoms with Gasteiger partial charge in [0.2, 0.25) is 0 Å². The Labute approximate surface area is 148 Å². The second-order valence-electron chi connectivity index (χ2n) is 7.59. The van der Waals surface area contributed by atoms with Crippen molar-refractivity contribution >= 4 is 11.6 Å². The van der Waals surface area contributed by atoms with Crippen molar-refractivity contribution in [1.29, 1.82) is 0 Å². The van der Waals surface area contributed by atoms with E-state index in [-0.39, 0.29) is 33.9 Å². The number of benzene rings is 2. The van der Waals surface area contributed by atoms with Gasteiger partial charge in [0.1, 0.15) is 5.75 Å². The van der Waals surface area contributed by atoms with Gasteiger partial charge in [0, 0.05) is 23.1 Å². The van der Waals surface area contributed by atoms with Crippen LogP contribution in [0, 0.1) is 0 Å². The molecule has 0 bridgehead atoms. The normalized spacial score (nSPS) is 14.7. The molecule has 0 radical (unpaired) electrons. The van der Waals surface area contributed by atoms with E-state index in [1.54, 1.807) is 19.1 Å². The minimum atomic E-state index is -0.259. The van der Waals surface area contributed by atoms with Crippen molar-refractivity contribution in [2.45, 2.75) is 39.5 Å². The molecule has 1 aliphatic carbocycles. The Morgan fingerprint density at radius 1 is 0.920 bits per heavy atom. The van der Waals surface area contributed by atoms with Gasteiger partial charge in [0.05, 0.1) is 5.56 Å². The number of hydrogen-bond acceptors (Lipinski definition) is 3. The van der Waals surface area contributed by atoms with Gasteiger partial charge in [-0.1, -0.05) is 57.2 Å². The fourth-order valence-corrected chi connectivity index (χ4v) is 3.17. The topological polar surface area (TPSA) is 54.4 Å². The van der Waals surface area contributed by atoms with Gasteiger partial charge in [0.15, 0.2) is 11.6 Å². The Kier molecular flexibility index (Phi) is 4.11. The van der Waals surface area contributed by atoms with E-state index in [0.29, 0.717) is 17.6 Å². The molecule has 1 aliphatic rings. The van der Waals surface area contributed by atoms with E-state index >= 15 is 0 Å². The smallest absolute Gasteiger partial charge is 0.194 e. The van der Waals surface area contributed by atoms with Crippen molar-refractivity contribution in [2.75, 3.05) is 0 Å². The maximum absolute atomic E-state index is 12.9. The summed E-state index contributed by atoms with van der Waals surface area (Å²) < 4.78 is 0. The number of phenolic OH excluding ortho intramolecular Hbond substituents is 1. The second-order valence-corrected chi connectivity index (χ2v) is 7.59. The predicted octanol–water partition coefficient (Wildman–Crippen LogP) is 4.63. The number of fused-ring (bicyclic) bond motifs is 1. The van der Waals surface area contributed by atoms with Crippen LogP contribution in [0.15, 0.2) is 53.6 Å². The third-order valence-electron chi connectivity index (χ3n) is 4.78. The summed E-state index contributed by atoms with van der Waals surface area (Å²) in [6.07, 6.45) is 0.384.